The van der Waals surface area contributed by atoms with Crippen molar-refractivity contribution in [1.29, 1.82) is 0 Å². The molecule has 188 valence electrons. The van der Waals surface area contributed by atoms with E-state index < -0.39 is 11.6 Å². The molecule has 7 rings (SSSR count). The zero-order chi connectivity index (χ0) is 26.8. The van der Waals surface area contributed by atoms with Crippen molar-refractivity contribution in [1.82, 2.24) is 4.98 Å². The molecule has 0 radical (unpaired) electrons. The number of nitrogens with zero attached hydrogens (tertiary/aromatic N) is 1. The molecule has 0 atom stereocenters. The van der Waals surface area contributed by atoms with Crippen LogP contribution in [-0.2, 0) is 0 Å². The van der Waals surface area contributed by atoms with Gasteiger partial charge in [-0.3, -0.25) is 0 Å². The summed E-state index contributed by atoms with van der Waals surface area (Å²) in [5.74, 6) is -1.22. The molecular weight excluding hydrogens is 486 g/mol. The number of halogens is 2. The number of nitrogen functional groups attached to an aromatic ring is 1. The Hall–Kier alpha value is -4.51. The van der Waals surface area contributed by atoms with Gasteiger partial charge in [-0.15, -0.1) is 0 Å². The minimum absolute atomic E-state index is 0.0836. The Balaban J connectivity index is 1.40. The van der Waals surface area contributed by atoms with Crippen molar-refractivity contribution in [2.75, 3.05) is 10.6 Å². The topological polar surface area (TPSA) is 45.1 Å². The summed E-state index contributed by atoms with van der Waals surface area (Å²) in [4.78, 5) is 5.32. The second-order valence-corrected chi connectivity index (χ2v) is 10.5. The van der Waals surface area contributed by atoms with Crippen molar-refractivity contribution in [2.24, 2.45) is 0 Å². The molecule has 1 aliphatic heterocycles. The van der Waals surface area contributed by atoms with Gasteiger partial charge in [0.15, 0.2) is 14.6 Å². The predicted octanol–water partition coefficient (Wildman–Crippen LogP) is 4.36. The van der Waals surface area contributed by atoms with Crippen LogP contribution < -0.4 is 32.5 Å². The van der Waals surface area contributed by atoms with Gasteiger partial charge >= 0.3 is 0 Å². The second kappa shape index (κ2) is 8.77. The number of aromatic nitrogens is 1. The van der Waals surface area contributed by atoms with Crippen molar-refractivity contribution in [2.45, 2.75) is 13.8 Å². The van der Waals surface area contributed by atoms with E-state index in [-0.39, 0.29) is 5.69 Å². The maximum absolute atomic E-state index is 15.2. The third-order valence-corrected chi connectivity index (χ3v) is 8.03. The number of H-pyrrole nitrogens is 1. The number of aromatic amines is 1. The summed E-state index contributed by atoms with van der Waals surface area (Å²) < 4.78 is 30.4. The van der Waals surface area contributed by atoms with E-state index in [0.29, 0.717) is 13.0 Å². The van der Waals surface area contributed by atoms with Crippen LogP contribution in [-0.4, -0.2) is 19.5 Å². The van der Waals surface area contributed by atoms with Crippen molar-refractivity contribution in [3.8, 4) is 0 Å². The molecule has 39 heavy (non-hydrogen) atoms. The third-order valence-electron chi connectivity index (χ3n) is 8.03. The summed E-state index contributed by atoms with van der Waals surface area (Å²) in [6.07, 6.45) is 0. The average Bonchev–Trinajstić information content (AvgIpc) is 3.29. The minimum atomic E-state index is -0.610. The Bertz CT molecular complexity index is 1930. The molecule has 0 fully saturated rings. The summed E-state index contributed by atoms with van der Waals surface area (Å²) in [7, 11) is 1.40. The number of benzene rings is 5. The summed E-state index contributed by atoms with van der Waals surface area (Å²) >= 11 is 0. The Morgan fingerprint density at radius 1 is 0.769 bits per heavy atom. The van der Waals surface area contributed by atoms with Gasteiger partial charge in [0.25, 0.3) is 0 Å². The molecule has 1 aliphatic rings. The van der Waals surface area contributed by atoms with Crippen LogP contribution in [0.3, 0.4) is 0 Å². The molecule has 3 nitrogen and oxygen atoms in total. The molecule has 3 N–H and O–H groups in total. The normalized spacial score (nSPS) is 12.4. The summed E-state index contributed by atoms with van der Waals surface area (Å²) in [5.41, 5.74) is 17.0. The van der Waals surface area contributed by atoms with Crippen LogP contribution in [0.5, 0.6) is 0 Å². The van der Waals surface area contributed by atoms with Crippen molar-refractivity contribution >= 4 is 81.0 Å². The van der Waals surface area contributed by atoms with Crippen LogP contribution in [0.4, 0.5) is 31.5 Å². The Morgan fingerprint density at radius 2 is 1.51 bits per heavy atom. The molecular formula is C32H25B2F2N3. The van der Waals surface area contributed by atoms with Gasteiger partial charge in [0.05, 0.1) is 0 Å². The molecule has 0 amide bonds. The number of nitrogens with two attached hydrogens (primary N) is 1. The Morgan fingerprint density at radius 3 is 2.33 bits per heavy atom. The molecule has 0 bridgehead atoms. The fourth-order valence-corrected chi connectivity index (χ4v) is 6.13. The van der Waals surface area contributed by atoms with Gasteiger partial charge < -0.3 is 15.6 Å². The molecule has 0 saturated heterocycles. The molecule has 0 saturated carbocycles. The number of anilines is 4. The number of hydrogen-bond donors (Lipinski definition) is 2. The first-order valence-electron chi connectivity index (χ1n) is 13.1. The zero-order valence-corrected chi connectivity index (χ0v) is 21.8. The molecule has 0 spiro atoms. The highest BCUT2D eigenvalue weighted by molar-refractivity contribution is 6.75. The summed E-state index contributed by atoms with van der Waals surface area (Å²) in [6.45, 7) is 4.07. The molecule has 2 heterocycles. The summed E-state index contributed by atoms with van der Waals surface area (Å²) in [5, 5.41) is 2.42. The van der Waals surface area contributed by atoms with E-state index in [4.69, 9.17) is 5.73 Å². The average molecular weight is 511 g/mol. The van der Waals surface area contributed by atoms with E-state index in [1.54, 1.807) is 4.90 Å². The smallest absolute Gasteiger partial charge is 0.198 e. The van der Waals surface area contributed by atoms with Gasteiger partial charge in [-0.25, -0.2) is 8.78 Å². The monoisotopic (exact) mass is 511 g/mol. The molecule has 6 aromatic rings. The lowest BCUT2D eigenvalue weighted by Gasteiger charge is -2.35. The lowest BCUT2D eigenvalue weighted by Crippen LogP contribution is -2.44. The molecule has 0 unspecified atom stereocenters. The second-order valence-electron chi connectivity index (χ2n) is 10.5. The highest BCUT2D eigenvalue weighted by Gasteiger charge is 2.30. The fraction of sp³-hybridized carbons (Fsp3) is 0.0625. The van der Waals surface area contributed by atoms with Gasteiger partial charge in [-0.1, -0.05) is 81.5 Å². The Labute approximate surface area is 226 Å². The molecule has 5 aromatic carbocycles. The SMILES string of the molecule is Cc1cc2c(cc1Bc1cccc3c1[nH]c1ccccc13)Bc1c(C)cc(N)cc1N2c1c(F)cccc1F. The van der Waals surface area contributed by atoms with Gasteiger partial charge in [-0.05, 0) is 50.2 Å². The molecule has 7 heteroatoms. The van der Waals surface area contributed by atoms with Gasteiger partial charge in [0, 0.05) is 38.9 Å². The fourth-order valence-electron chi connectivity index (χ4n) is 6.13. The maximum Gasteiger partial charge on any atom is 0.198 e. The zero-order valence-electron chi connectivity index (χ0n) is 21.8. The Kier molecular flexibility index (Phi) is 5.31. The van der Waals surface area contributed by atoms with E-state index >= 15 is 8.78 Å². The highest BCUT2D eigenvalue weighted by Crippen LogP contribution is 2.39. The molecule has 0 aliphatic carbocycles. The van der Waals surface area contributed by atoms with Crippen LogP contribution in [0.1, 0.15) is 11.1 Å². The lowest BCUT2D eigenvalue weighted by molar-refractivity contribution is 0.586. The number of hydrogen-bond acceptors (Lipinski definition) is 2. The van der Waals surface area contributed by atoms with Crippen LogP contribution in [0.25, 0.3) is 21.8 Å². The predicted molar refractivity (Wildman–Crippen MR) is 164 cm³/mol. The summed E-state index contributed by atoms with van der Waals surface area (Å²) in [6, 6.07) is 26.8. The van der Waals surface area contributed by atoms with E-state index in [0.717, 1.165) is 51.7 Å². The van der Waals surface area contributed by atoms with Crippen molar-refractivity contribution in [3.63, 3.8) is 0 Å². The minimum Gasteiger partial charge on any atom is -0.399 e. The lowest BCUT2D eigenvalue weighted by atomic mass is 9.55. The van der Waals surface area contributed by atoms with E-state index in [1.807, 2.05) is 25.1 Å². The highest BCUT2D eigenvalue weighted by atomic mass is 19.1. The number of nitrogens with one attached hydrogen (secondary N) is 1. The van der Waals surface area contributed by atoms with E-state index in [1.165, 1.54) is 39.9 Å². The van der Waals surface area contributed by atoms with Crippen LogP contribution in [0, 0.1) is 25.5 Å². The quantitative estimate of drug-likeness (QED) is 0.274. The van der Waals surface area contributed by atoms with Crippen LogP contribution in [0.15, 0.2) is 84.9 Å². The first-order chi connectivity index (χ1) is 18.9. The first-order valence-corrected chi connectivity index (χ1v) is 13.1. The number of fused-ring (bicyclic) bond motifs is 5. The number of aryl methyl sites for hydroxylation is 2. The first kappa shape index (κ1) is 23.6. The number of para-hydroxylation sites is 3. The third kappa shape index (κ3) is 3.72. The van der Waals surface area contributed by atoms with Crippen LogP contribution in [0.2, 0.25) is 0 Å². The van der Waals surface area contributed by atoms with E-state index in [2.05, 4.69) is 60.4 Å². The van der Waals surface area contributed by atoms with Crippen LogP contribution >= 0.6 is 0 Å². The van der Waals surface area contributed by atoms with Gasteiger partial charge in [-0.2, -0.15) is 0 Å². The standard InChI is InChI=1S/C32H25B2F2N3/c1-17-14-28-24(16-23(17)33-22-9-5-8-21-20-7-3-4-12-27(20)38-31(21)22)34-30-18(2)13-19(37)15-29(30)39(28)32-25(35)10-6-11-26(32)36/h3-16,33-34,38H,37H2,1-2H3. The van der Waals surface area contributed by atoms with Crippen molar-refractivity contribution < 1.29 is 8.78 Å². The molecule has 1 aromatic heterocycles. The van der Waals surface area contributed by atoms with Gasteiger partial charge in [0.2, 0.25) is 0 Å². The van der Waals surface area contributed by atoms with E-state index in [9.17, 15) is 0 Å². The maximum atomic E-state index is 15.2. The van der Waals surface area contributed by atoms with Crippen molar-refractivity contribution in [3.05, 3.63) is 108 Å². The largest absolute Gasteiger partial charge is 0.399 e. The van der Waals surface area contributed by atoms with Gasteiger partial charge in [0.1, 0.15) is 17.3 Å². The number of rotatable bonds is 3.